The minimum atomic E-state index is -0.409. The summed E-state index contributed by atoms with van der Waals surface area (Å²) >= 11 is 0. The number of hydrogen-bond acceptors (Lipinski definition) is 0. The largest absolute Gasteiger partial charge is 0.0776 e. The predicted molar refractivity (Wildman–Crippen MR) is 143 cm³/mol. The van der Waals surface area contributed by atoms with Crippen molar-refractivity contribution in [3.63, 3.8) is 0 Å². The average Bonchev–Trinajstić information content (AvgIpc) is 2.77. The average molecular weight is 433 g/mol. The Morgan fingerprint density at radius 3 is 0.733 bits per heavy atom. The monoisotopic (exact) mass is 432 g/mol. The molecule has 0 heterocycles. The van der Waals surface area contributed by atoms with Gasteiger partial charge in [-0.3, -0.25) is 0 Å². The van der Waals surface area contributed by atoms with Crippen LogP contribution in [0.1, 0.15) is 22.3 Å². The van der Waals surface area contributed by atoms with E-state index in [2.05, 4.69) is 121 Å². The van der Waals surface area contributed by atoms with E-state index < -0.39 is 15.8 Å². The van der Waals surface area contributed by atoms with Crippen LogP contribution in [0.2, 0.25) is 0 Å². The summed E-state index contributed by atoms with van der Waals surface area (Å²) in [6.45, 7) is 0. The van der Waals surface area contributed by atoms with Gasteiger partial charge in [-0.25, -0.2) is 0 Å². The summed E-state index contributed by atoms with van der Waals surface area (Å²) in [5, 5.41) is 5.83. The van der Waals surface area contributed by atoms with E-state index in [1.807, 2.05) is 0 Å². The molecular formula is C28H34P2. The summed E-state index contributed by atoms with van der Waals surface area (Å²) in [7, 11) is -0.817. The maximum absolute atomic E-state index is 2.29. The molecule has 0 aliphatic rings. The Bertz CT molecular complexity index is 779. The number of benzene rings is 4. The molecule has 0 aliphatic heterocycles. The SMILES string of the molecule is C.C.C.c1ccc(P(CP(c2ccccc2)c2ccccc2)c2ccccc2)cc1. The summed E-state index contributed by atoms with van der Waals surface area (Å²) in [5.41, 5.74) is 0. The fourth-order valence-corrected chi connectivity index (χ4v) is 9.67. The molecule has 0 fully saturated rings. The number of rotatable bonds is 6. The standard InChI is InChI=1S/C25H22P2.3CH4/c1-5-13-22(14-6-1)26(23-15-7-2-8-16-23)21-27(24-17-9-3-10-18-24)25-19-11-4-12-20-25;;;/h1-20H,21H2;3*1H4. The molecule has 0 nitrogen and oxygen atoms in total. The van der Waals surface area contributed by atoms with Crippen LogP contribution in [0, 0.1) is 0 Å². The molecule has 4 aromatic rings. The van der Waals surface area contributed by atoms with Gasteiger partial charge < -0.3 is 0 Å². The van der Waals surface area contributed by atoms with E-state index in [9.17, 15) is 0 Å². The molecule has 0 saturated carbocycles. The van der Waals surface area contributed by atoms with Crippen molar-refractivity contribution in [2.75, 3.05) is 5.90 Å². The van der Waals surface area contributed by atoms with Crippen molar-refractivity contribution in [1.82, 2.24) is 0 Å². The van der Waals surface area contributed by atoms with Gasteiger partial charge in [0.25, 0.3) is 0 Å². The second-order valence-electron chi connectivity index (χ2n) is 6.34. The zero-order valence-corrected chi connectivity index (χ0v) is 16.9. The molecule has 0 aliphatic carbocycles. The molecule has 0 unspecified atom stereocenters. The van der Waals surface area contributed by atoms with E-state index in [4.69, 9.17) is 0 Å². The van der Waals surface area contributed by atoms with E-state index in [0.717, 1.165) is 0 Å². The highest BCUT2D eigenvalue weighted by Gasteiger charge is 2.21. The molecule has 156 valence electrons. The third-order valence-electron chi connectivity index (χ3n) is 4.55. The predicted octanol–water partition coefficient (Wildman–Crippen LogP) is 7.12. The van der Waals surface area contributed by atoms with Crippen LogP contribution in [0.15, 0.2) is 121 Å². The molecule has 0 radical (unpaired) electrons. The van der Waals surface area contributed by atoms with Gasteiger partial charge in [0.15, 0.2) is 0 Å². The normalized spacial score (nSPS) is 9.93. The molecule has 0 atom stereocenters. The van der Waals surface area contributed by atoms with E-state index in [1.54, 1.807) is 0 Å². The van der Waals surface area contributed by atoms with Crippen molar-refractivity contribution in [2.45, 2.75) is 22.3 Å². The van der Waals surface area contributed by atoms with Gasteiger partial charge in [0.1, 0.15) is 0 Å². The molecule has 0 aromatic heterocycles. The Morgan fingerprint density at radius 1 is 0.333 bits per heavy atom. The van der Waals surface area contributed by atoms with Crippen molar-refractivity contribution in [2.24, 2.45) is 0 Å². The van der Waals surface area contributed by atoms with Crippen LogP contribution in [0.4, 0.5) is 0 Å². The van der Waals surface area contributed by atoms with E-state index >= 15 is 0 Å². The maximum Gasteiger partial charge on any atom is 0.00405 e. The van der Waals surface area contributed by atoms with Gasteiger partial charge in [0, 0.05) is 5.90 Å². The van der Waals surface area contributed by atoms with Gasteiger partial charge in [-0.2, -0.15) is 0 Å². The third kappa shape index (κ3) is 6.37. The molecule has 4 rings (SSSR count). The van der Waals surface area contributed by atoms with Gasteiger partial charge in [-0.05, 0) is 37.1 Å². The molecule has 4 aromatic carbocycles. The molecule has 0 spiro atoms. The highest BCUT2D eigenvalue weighted by atomic mass is 31.2. The molecule has 30 heavy (non-hydrogen) atoms. The van der Waals surface area contributed by atoms with Crippen molar-refractivity contribution >= 4 is 37.1 Å². The first-order chi connectivity index (χ1) is 13.4. The lowest BCUT2D eigenvalue weighted by Crippen LogP contribution is -2.19. The Labute approximate surface area is 186 Å². The van der Waals surface area contributed by atoms with E-state index in [-0.39, 0.29) is 22.3 Å². The van der Waals surface area contributed by atoms with Crippen molar-refractivity contribution in [1.29, 1.82) is 0 Å². The zero-order valence-electron chi connectivity index (χ0n) is 15.1. The molecule has 0 saturated heterocycles. The smallest absolute Gasteiger partial charge is 0.00405 e. The fourth-order valence-electron chi connectivity index (χ4n) is 3.20. The second kappa shape index (κ2) is 13.1. The summed E-state index contributed by atoms with van der Waals surface area (Å²) in [6, 6.07) is 44.1. The zero-order chi connectivity index (χ0) is 18.3. The molecule has 0 N–H and O–H groups in total. The summed E-state index contributed by atoms with van der Waals surface area (Å²) in [6.07, 6.45) is 0. The van der Waals surface area contributed by atoms with Crippen molar-refractivity contribution < 1.29 is 0 Å². The van der Waals surface area contributed by atoms with Crippen LogP contribution in [0.25, 0.3) is 0 Å². The third-order valence-corrected chi connectivity index (χ3v) is 10.5. The highest BCUT2D eigenvalue weighted by Crippen LogP contribution is 2.48. The van der Waals surface area contributed by atoms with E-state index in [1.165, 1.54) is 27.1 Å². The van der Waals surface area contributed by atoms with Crippen molar-refractivity contribution in [3.8, 4) is 0 Å². The first kappa shape index (κ1) is 25.8. The van der Waals surface area contributed by atoms with Crippen LogP contribution in [-0.2, 0) is 0 Å². The quantitative estimate of drug-likeness (QED) is 0.285. The van der Waals surface area contributed by atoms with E-state index in [0.29, 0.717) is 0 Å². The Kier molecular flexibility index (Phi) is 11.3. The van der Waals surface area contributed by atoms with Crippen LogP contribution < -0.4 is 21.2 Å². The van der Waals surface area contributed by atoms with Crippen LogP contribution in [0.3, 0.4) is 0 Å². The first-order valence-corrected chi connectivity index (χ1v) is 12.2. The van der Waals surface area contributed by atoms with Crippen LogP contribution >= 0.6 is 15.8 Å². The minimum Gasteiger partial charge on any atom is -0.0776 e. The van der Waals surface area contributed by atoms with Gasteiger partial charge in [0.2, 0.25) is 0 Å². The van der Waals surface area contributed by atoms with Crippen LogP contribution in [0.5, 0.6) is 0 Å². The van der Waals surface area contributed by atoms with Crippen molar-refractivity contribution in [3.05, 3.63) is 121 Å². The lowest BCUT2D eigenvalue weighted by molar-refractivity contribution is 1.73. The second-order valence-corrected chi connectivity index (χ2v) is 11.2. The molecular weight excluding hydrogens is 398 g/mol. The maximum atomic E-state index is 2.29. The van der Waals surface area contributed by atoms with Gasteiger partial charge >= 0.3 is 0 Å². The Hall–Kier alpha value is -2.26. The highest BCUT2D eigenvalue weighted by molar-refractivity contribution is 7.88. The van der Waals surface area contributed by atoms with Gasteiger partial charge in [0.05, 0.1) is 0 Å². The van der Waals surface area contributed by atoms with Gasteiger partial charge in [-0.1, -0.05) is 144 Å². The molecule has 0 bridgehead atoms. The molecule has 0 amide bonds. The Balaban J connectivity index is 0.00000150. The molecule has 2 heteroatoms. The minimum absolute atomic E-state index is 0. The Morgan fingerprint density at radius 2 is 0.533 bits per heavy atom. The number of hydrogen-bond donors (Lipinski definition) is 0. The summed E-state index contributed by atoms with van der Waals surface area (Å²) in [4.78, 5) is 0. The van der Waals surface area contributed by atoms with Gasteiger partial charge in [-0.15, -0.1) is 0 Å². The fraction of sp³-hybridized carbons (Fsp3) is 0.143. The lowest BCUT2D eigenvalue weighted by atomic mass is 10.4. The first-order valence-electron chi connectivity index (χ1n) is 9.17. The lowest BCUT2D eigenvalue weighted by Gasteiger charge is -2.26. The topological polar surface area (TPSA) is 0 Å². The van der Waals surface area contributed by atoms with Crippen LogP contribution in [-0.4, -0.2) is 5.90 Å². The summed E-state index contributed by atoms with van der Waals surface area (Å²) in [5.74, 6) is 1.17. The summed E-state index contributed by atoms with van der Waals surface area (Å²) < 4.78 is 0.